The first-order valence-electron chi connectivity index (χ1n) is 14.0. The van der Waals surface area contributed by atoms with Gasteiger partial charge in [-0.15, -0.1) is 0 Å². The Bertz CT molecular complexity index is 1120. The number of likely N-dealkylation sites (tertiary alicyclic amines) is 2. The van der Waals surface area contributed by atoms with E-state index in [2.05, 4.69) is 45.7 Å². The topological polar surface area (TPSA) is 56.8 Å². The fourth-order valence-electron chi connectivity index (χ4n) is 5.57. The maximum Gasteiger partial charge on any atom is 0.227 e. The summed E-state index contributed by atoms with van der Waals surface area (Å²) in [6, 6.07) is 5.05. The Balaban J connectivity index is 1.42. The molecule has 0 amide bonds. The summed E-state index contributed by atoms with van der Waals surface area (Å²) in [6.07, 6.45) is 5.86. The van der Waals surface area contributed by atoms with E-state index in [4.69, 9.17) is 14.7 Å². The van der Waals surface area contributed by atoms with Crippen LogP contribution in [-0.2, 0) is 0 Å². The highest BCUT2D eigenvalue weighted by Gasteiger charge is 2.25. The van der Waals surface area contributed by atoms with E-state index in [9.17, 15) is 4.39 Å². The molecule has 37 heavy (non-hydrogen) atoms. The van der Waals surface area contributed by atoms with Crippen molar-refractivity contribution < 1.29 is 9.13 Å². The Morgan fingerprint density at radius 1 is 1.08 bits per heavy atom. The highest BCUT2D eigenvalue weighted by Crippen LogP contribution is 2.32. The average molecular weight is 509 g/mol. The Labute approximate surface area is 220 Å². The first-order chi connectivity index (χ1) is 18.0. The number of piperidine rings is 2. The minimum atomic E-state index is -0.673. The van der Waals surface area contributed by atoms with Crippen molar-refractivity contribution in [3.8, 4) is 17.6 Å². The van der Waals surface area contributed by atoms with Gasteiger partial charge in [-0.3, -0.25) is 4.90 Å². The molecule has 5 rings (SSSR count). The van der Waals surface area contributed by atoms with E-state index in [-0.39, 0.29) is 0 Å². The molecule has 0 radical (unpaired) electrons. The summed E-state index contributed by atoms with van der Waals surface area (Å²) in [4.78, 5) is 17.0. The number of hydrogen-bond donors (Lipinski definition) is 1. The van der Waals surface area contributed by atoms with Gasteiger partial charge in [0.25, 0.3) is 0 Å². The molecule has 4 heterocycles. The molecule has 0 spiro atoms. The summed E-state index contributed by atoms with van der Waals surface area (Å²) in [5.41, 5.74) is 1.73. The fourth-order valence-corrected chi connectivity index (χ4v) is 5.57. The summed E-state index contributed by atoms with van der Waals surface area (Å²) in [5.74, 6) is 8.98. The van der Waals surface area contributed by atoms with Gasteiger partial charge in [-0.25, -0.2) is 9.37 Å². The molecule has 3 saturated heterocycles. The molecule has 8 heteroatoms. The number of hydrogen-bond acceptors (Lipinski definition) is 7. The third kappa shape index (κ3) is 6.27. The van der Waals surface area contributed by atoms with Gasteiger partial charge in [-0.05, 0) is 58.1 Å². The van der Waals surface area contributed by atoms with Crippen molar-refractivity contribution in [3.63, 3.8) is 0 Å². The highest BCUT2D eigenvalue weighted by atomic mass is 19.1. The molecular formula is C29H41FN6O. The molecule has 3 fully saturated rings. The number of benzene rings is 1. The lowest BCUT2D eigenvalue weighted by atomic mass is 10.0. The van der Waals surface area contributed by atoms with Crippen LogP contribution in [0.5, 0.6) is 5.75 Å². The summed E-state index contributed by atoms with van der Waals surface area (Å²) < 4.78 is 18.8. The van der Waals surface area contributed by atoms with Crippen LogP contribution in [0.4, 0.5) is 16.2 Å². The van der Waals surface area contributed by atoms with E-state index in [1.165, 1.54) is 19.3 Å². The maximum atomic E-state index is 13.1. The zero-order chi connectivity index (χ0) is 25.8. The minimum absolute atomic E-state index is 0.387. The van der Waals surface area contributed by atoms with Gasteiger partial charge in [0.15, 0.2) is 0 Å². The smallest absolute Gasteiger partial charge is 0.227 e. The molecular weight excluding hydrogens is 467 g/mol. The molecule has 0 saturated carbocycles. The van der Waals surface area contributed by atoms with Crippen LogP contribution in [0, 0.1) is 11.8 Å². The second-order valence-electron chi connectivity index (χ2n) is 10.9. The molecule has 2 aromatic rings. The third-order valence-electron chi connectivity index (χ3n) is 7.93. The summed E-state index contributed by atoms with van der Waals surface area (Å²) in [5, 5.41) is 4.76. The summed E-state index contributed by atoms with van der Waals surface area (Å²) in [7, 11) is 1.69. The van der Waals surface area contributed by atoms with Gasteiger partial charge in [0.2, 0.25) is 5.95 Å². The molecule has 0 unspecified atom stereocenters. The zero-order valence-electron chi connectivity index (χ0n) is 22.6. The molecule has 7 nitrogen and oxygen atoms in total. The van der Waals surface area contributed by atoms with E-state index >= 15 is 0 Å². The zero-order valence-corrected chi connectivity index (χ0v) is 22.6. The van der Waals surface area contributed by atoms with Crippen molar-refractivity contribution in [1.82, 2.24) is 19.8 Å². The van der Waals surface area contributed by atoms with Crippen LogP contribution in [0.2, 0.25) is 0 Å². The van der Waals surface area contributed by atoms with Gasteiger partial charge in [0, 0.05) is 69.7 Å². The van der Waals surface area contributed by atoms with Crippen LogP contribution in [0.3, 0.4) is 0 Å². The monoisotopic (exact) mass is 508 g/mol. The number of nitrogens with one attached hydrogen (secondary N) is 1. The largest absolute Gasteiger partial charge is 0.495 e. The predicted octanol–water partition coefficient (Wildman–Crippen LogP) is 4.31. The van der Waals surface area contributed by atoms with E-state index in [0.717, 1.165) is 79.5 Å². The van der Waals surface area contributed by atoms with Crippen molar-refractivity contribution >= 4 is 22.7 Å². The lowest BCUT2D eigenvalue weighted by molar-refractivity contribution is 0.0681. The van der Waals surface area contributed by atoms with Crippen LogP contribution in [0.25, 0.3) is 10.9 Å². The number of aromatic nitrogens is 2. The van der Waals surface area contributed by atoms with Crippen LogP contribution < -0.4 is 15.0 Å². The number of anilines is 2. The van der Waals surface area contributed by atoms with Gasteiger partial charge in [0.1, 0.15) is 17.7 Å². The van der Waals surface area contributed by atoms with E-state index in [0.29, 0.717) is 31.6 Å². The minimum Gasteiger partial charge on any atom is -0.495 e. The summed E-state index contributed by atoms with van der Waals surface area (Å²) >= 11 is 0. The molecule has 1 aromatic heterocycles. The van der Waals surface area contributed by atoms with E-state index in [1.807, 2.05) is 12.1 Å². The van der Waals surface area contributed by atoms with Gasteiger partial charge < -0.3 is 19.9 Å². The number of rotatable bonds is 7. The normalized spacial score (nSPS) is 20.1. The first-order valence-corrected chi connectivity index (χ1v) is 14.0. The number of alkyl halides is 1. The third-order valence-corrected chi connectivity index (χ3v) is 7.93. The standard InChI is InChI=1S/C29H41FN6O/c1-21(2)35-15-10-24(11-16-35)31-28-25-18-27(37-3)22(9-5-8-12-34-19-23(30)20-34)17-26(25)32-29(33-28)36-13-6-4-7-14-36/h17-18,21,23-24H,4,6-8,10-16,19-20H2,1-3H3,(H,31,32,33). The molecule has 0 atom stereocenters. The Morgan fingerprint density at radius 2 is 1.84 bits per heavy atom. The molecule has 1 aromatic carbocycles. The van der Waals surface area contributed by atoms with Gasteiger partial charge in [-0.1, -0.05) is 11.8 Å². The van der Waals surface area contributed by atoms with Crippen LogP contribution >= 0.6 is 0 Å². The van der Waals surface area contributed by atoms with Crippen LogP contribution in [0.1, 0.15) is 57.9 Å². The molecule has 200 valence electrons. The van der Waals surface area contributed by atoms with Gasteiger partial charge >= 0.3 is 0 Å². The highest BCUT2D eigenvalue weighted by molar-refractivity contribution is 5.93. The first kappa shape index (κ1) is 26.0. The molecule has 3 aliphatic rings. The van der Waals surface area contributed by atoms with Gasteiger partial charge in [-0.2, -0.15) is 4.98 Å². The van der Waals surface area contributed by atoms with Crippen molar-refractivity contribution in [2.24, 2.45) is 0 Å². The number of methoxy groups -OCH3 is 1. The Kier molecular flexibility index (Phi) is 8.31. The van der Waals surface area contributed by atoms with Crippen molar-refractivity contribution in [3.05, 3.63) is 17.7 Å². The number of fused-ring (bicyclic) bond motifs is 1. The second kappa shape index (κ2) is 11.8. The molecule has 3 aliphatic heterocycles. The SMILES string of the molecule is COc1cc2c(NC3CCN(C(C)C)CC3)nc(N3CCCCC3)nc2cc1C#CCCN1CC(F)C1. The summed E-state index contributed by atoms with van der Waals surface area (Å²) in [6.45, 7) is 10.6. The Hall–Kier alpha value is -2.63. The van der Waals surface area contributed by atoms with Crippen LogP contribution in [-0.4, -0.2) is 90.9 Å². The number of halogens is 1. The lowest BCUT2D eigenvalue weighted by Gasteiger charge is -2.35. The lowest BCUT2D eigenvalue weighted by Crippen LogP contribution is -2.48. The number of ether oxygens (including phenoxy) is 1. The van der Waals surface area contributed by atoms with Gasteiger partial charge in [0.05, 0.1) is 18.2 Å². The quantitative estimate of drug-likeness (QED) is 0.560. The predicted molar refractivity (Wildman–Crippen MR) is 148 cm³/mol. The van der Waals surface area contributed by atoms with Crippen molar-refractivity contribution in [1.29, 1.82) is 0 Å². The average Bonchev–Trinajstić information content (AvgIpc) is 2.90. The Morgan fingerprint density at radius 3 is 2.51 bits per heavy atom. The fraction of sp³-hybridized carbons (Fsp3) is 0.655. The maximum absolute atomic E-state index is 13.1. The van der Waals surface area contributed by atoms with E-state index in [1.54, 1.807) is 7.11 Å². The second-order valence-corrected chi connectivity index (χ2v) is 10.9. The van der Waals surface area contributed by atoms with E-state index < -0.39 is 6.17 Å². The van der Waals surface area contributed by atoms with Crippen molar-refractivity contribution in [2.45, 2.75) is 70.6 Å². The molecule has 0 aliphatic carbocycles. The number of nitrogens with zero attached hydrogens (tertiary/aromatic N) is 5. The molecule has 0 bridgehead atoms. The van der Waals surface area contributed by atoms with Crippen molar-refractivity contribution in [2.75, 3.05) is 63.1 Å². The molecule has 1 N–H and O–H groups in total. The van der Waals surface area contributed by atoms with Crippen LogP contribution in [0.15, 0.2) is 12.1 Å².